The van der Waals surface area contributed by atoms with Crippen molar-refractivity contribution in [1.29, 1.82) is 0 Å². The van der Waals surface area contributed by atoms with E-state index in [4.69, 9.17) is 0 Å². The fraction of sp³-hybridized carbons (Fsp3) is 0.786. The third-order valence-corrected chi connectivity index (χ3v) is 4.06. The number of rotatable bonds is 6. The van der Waals surface area contributed by atoms with Gasteiger partial charge in [-0.1, -0.05) is 19.3 Å². The first-order valence-electron chi connectivity index (χ1n) is 7.13. The maximum atomic E-state index is 4.24. The molecule has 1 fully saturated rings. The van der Waals surface area contributed by atoms with Crippen molar-refractivity contribution in [3.8, 4) is 0 Å². The Bertz CT molecular complexity index is 315. The molecular weight excluding hydrogens is 224 g/mol. The molecule has 4 nitrogen and oxygen atoms in total. The van der Waals surface area contributed by atoms with Crippen LogP contribution in [0.5, 0.6) is 0 Å². The lowest BCUT2D eigenvalue weighted by atomic mass is 9.83. The van der Waals surface area contributed by atoms with E-state index >= 15 is 0 Å². The number of likely N-dealkylation sites (N-methyl/N-ethyl adjacent to an activating group) is 1. The van der Waals surface area contributed by atoms with Gasteiger partial charge in [-0.3, -0.25) is 0 Å². The van der Waals surface area contributed by atoms with Gasteiger partial charge in [0, 0.05) is 25.0 Å². The summed E-state index contributed by atoms with van der Waals surface area (Å²) in [5, 5.41) is 3.53. The standard InChI is InChI=1S/C14H26N4/c1-18(2)13(12-6-4-3-5-7-12)10-15-11-14-16-8-9-17-14/h8-9,12-13,15H,3-7,10-11H2,1-2H3,(H,16,17). The molecule has 0 saturated heterocycles. The van der Waals surface area contributed by atoms with Crippen LogP contribution in [0, 0.1) is 5.92 Å². The van der Waals surface area contributed by atoms with Gasteiger partial charge in [0.1, 0.15) is 5.82 Å². The molecule has 1 aromatic heterocycles. The summed E-state index contributed by atoms with van der Waals surface area (Å²) in [5.41, 5.74) is 0. The van der Waals surface area contributed by atoms with Crippen molar-refractivity contribution in [3.05, 3.63) is 18.2 Å². The Morgan fingerprint density at radius 3 is 2.78 bits per heavy atom. The molecule has 0 aliphatic heterocycles. The largest absolute Gasteiger partial charge is 0.348 e. The quantitative estimate of drug-likeness (QED) is 0.812. The van der Waals surface area contributed by atoms with Gasteiger partial charge in [-0.2, -0.15) is 0 Å². The Hall–Kier alpha value is -0.870. The zero-order valence-corrected chi connectivity index (χ0v) is 11.7. The molecule has 1 aliphatic rings. The zero-order chi connectivity index (χ0) is 12.8. The van der Waals surface area contributed by atoms with E-state index < -0.39 is 0 Å². The minimum Gasteiger partial charge on any atom is -0.348 e. The highest BCUT2D eigenvalue weighted by Gasteiger charge is 2.24. The van der Waals surface area contributed by atoms with E-state index in [0.717, 1.165) is 24.8 Å². The fourth-order valence-electron chi connectivity index (χ4n) is 3.02. The molecule has 18 heavy (non-hydrogen) atoms. The third-order valence-electron chi connectivity index (χ3n) is 4.06. The summed E-state index contributed by atoms with van der Waals surface area (Å²) >= 11 is 0. The Balaban J connectivity index is 1.78. The van der Waals surface area contributed by atoms with Crippen molar-refractivity contribution in [2.75, 3.05) is 20.6 Å². The molecule has 0 bridgehead atoms. The molecule has 1 aliphatic carbocycles. The van der Waals surface area contributed by atoms with Gasteiger partial charge in [-0.05, 0) is 32.9 Å². The molecule has 0 amide bonds. The Labute approximate surface area is 110 Å². The fourth-order valence-corrected chi connectivity index (χ4v) is 3.02. The predicted octanol–water partition coefficient (Wildman–Crippen LogP) is 2.01. The lowest BCUT2D eigenvalue weighted by Gasteiger charge is -2.35. The maximum absolute atomic E-state index is 4.24. The van der Waals surface area contributed by atoms with Crippen molar-refractivity contribution >= 4 is 0 Å². The van der Waals surface area contributed by atoms with E-state index in [2.05, 4.69) is 34.3 Å². The molecule has 1 heterocycles. The van der Waals surface area contributed by atoms with E-state index in [-0.39, 0.29) is 0 Å². The van der Waals surface area contributed by atoms with Crippen LogP contribution in [0.1, 0.15) is 37.9 Å². The first-order chi connectivity index (χ1) is 8.77. The van der Waals surface area contributed by atoms with E-state index in [1.54, 1.807) is 0 Å². The predicted molar refractivity (Wildman–Crippen MR) is 74.3 cm³/mol. The Kier molecular flexibility index (Phi) is 5.20. The van der Waals surface area contributed by atoms with E-state index in [1.807, 2.05) is 12.4 Å². The van der Waals surface area contributed by atoms with Crippen LogP contribution in [-0.2, 0) is 6.54 Å². The normalized spacial score (nSPS) is 19.3. The van der Waals surface area contributed by atoms with Crippen LogP contribution in [-0.4, -0.2) is 41.5 Å². The topological polar surface area (TPSA) is 44.0 Å². The molecular formula is C14H26N4. The van der Waals surface area contributed by atoms with Crippen molar-refractivity contribution in [1.82, 2.24) is 20.2 Å². The summed E-state index contributed by atoms with van der Waals surface area (Å²) in [4.78, 5) is 9.75. The molecule has 0 aromatic carbocycles. The molecule has 1 unspecified atom stereocenters. The number of hydrogen-bond donors (Lipinski definition) is 2. The van der Waals surface area contributed by atoms with Crippen LogP contribution in [0.3, 0.4) is 0 Å². The summed E-state index contributed by atoms with van der Waals surface area (Å²) in [6.45, 7) is 1.89. The van der Waals surface area contributed by atoms with Crippen LogP contribution < -0.4 is 5.32 Å². The number of aromatic nitrogens is 2. The van der Waals surface area contributed by atoms with Crippen molar-refractivity contribution in [3.63, 3.8) is 0 Å². The van der Waals surface area contributed by atoms with Crippen LogP contribution in [0.4, 0.5) is 0 Å². The number of nitrogens with zero attached hydrogens (tertiary/aromatic N) is 2. The number of aromatic amines is 1. The maximum Gasteiger partial charge on any atom is 0.120 e. The number of nitrogens with one attached hydrogen (secondary N) is 2. The summed E-state index contributed by atoms with van der Waals surface area (Å²) in [7, 11) is 4.40. The second-order valence-corrected chi connectivity index (χ2v) is 5.60. The highest BCUT2D eigenvalue weighted by atomic mass is 15.1. The average Bonchev–Trinajstić information content (AvgIpc) is 2.88. The van der Waals surface area contributed by atoms with Crippen LogP contribution in [0.2, 0.25) is 0 Å². The molecule has 2 rings (SSSR count). The Morgan fingerprint density at radius 2 is 2.17 bits per heavy atom. The highest BCUT2D eigenvalue weighted by molar-refractivity contribution is 4.87. The number of H-pyrrole nitrogens is 1. The van der Waals surface area contributed by atoms with Crippen molar-refractivity contribution in [2.24, 2.45) is 5.92 Å². The van der Waals surface area contributed by atoms with Gasteiger partial charge >= 0.3 is 0 Å². The second kappa shape index (κ2) is 6.90. The highest BCUT2D eigenvalue weighted by Crippen LogP contribution is 2.28. The van der Waals surface area contributed by atoms with E-state index in [1.165, 1.54) is 32.1 Å². The minimum absolute atomic E-state index is 0.653. The Morgan fingerprint density at radius 1 is 1.39 bits per heavy atom. The van der Waals surface area contributed by atoms with E-state index in [0.29, 0.717) is 6.04 Å². The van der Waals surface area contributed by atoms with Gasteiger partial charge in [-0.15, -0.1) is 0 Å². The molecule has 1 aromatic rings. The first kappa shape index (κ1) is 13.6. The summed E-state index contributed by atoms with van der Waals surface area (Å²) in [6, 6.07) is 0.653. The summed E-state index contributed by atoms with van der Waals surface area (Å²) in [6.07, 6.45) is 10.7. The second-order valence-electron chi connectivity index (χ2n) is 5.60. The number of hydrogen-bond acceptors (Lipinski definition) is 3. The van der Waals surface area contributed by atoms with E-state index in [9.17, 15) is 0 Å². The molecule has 2 N–H and O–H groups in total. The van der Waals surface area contributed by atoms with Crippen LogP contribution in [0.15, 0.2) is 12.4 Å². The van der Waals surface area contributed by atoms with Gasteiger partial charge in [0.15, 0.2) is 0 Å². The lowest BCUT2D eigenvalue weighted by Crippen LogP contribution is -2.43. The van der Waals surface area contributed by atoms with Gasteiger partial charge in [0.05, 0.1) is 6.54 Å². The van der Waals surface area contributed by atoms with Gasteiger partial charge in [0.25, 0.3) is 0 Å². The monoisotopic (exact) mass is 250 g/mol. The summed E-state index contributed by atoms with van der Waals surface area (Å²) < 4.78 is 0. The van der Waals surface area contributed by atoms with Gasteiger partial charge in [0.2, 0.25) is 0 Å². The van der Waals surface area contributed by atoms with Crippen molar-refractivity contribution < 1.29 is 0 Å². The third kappa shape index (κ3) is 3.82. The summed E-state index contributed by atoms with van der Waals surface area (Å²) in [5.74, 6) is 1.88. The molecule has 1 saturated carbocycles. The van der Waals surface area contributed by atoms with Crippen LogP contribution >= 0.6 is 0 Å². The average molecular weight is 250 g/mol. The van der Waals surface area contributed by atoms with Gasteiger partial charge < -0.3 is 15.2 Å². The van der Waals surface area contributed by atoms with Crippen molar-refractivity contribution in [2.45, 2.75) is 44.7 Å². The molecule has 0 radical (unpaired) electrons. The molecule has 0 spiro atoms. The number of imidazole rings is 1. The first-order valence-corrected chi connectivity index (χ1v) is 7.13. The van der Waals surface area contributed by atoms with Crippen LogP contribution in [0.25, 0.3) is 0 Å². The molecule has 102 valence electrons. The minimum atomic E-state index is 0.653. The smallest absolute Gasteiger partial charge is 0.120 e. The zero-order valence-electron chi connectivity index (χ0n) is 11.7. The van der Waals surface area contributed by atoms with Gasteiger partial charge in [-0.25, -0.2) is 4.98 Å². The molecule has 1 atom stereocenters. The SMILES string of the molecule is CN(C)C(CNCc1ncc[nH]1)C1CCCCC1. The molecule has 4 heteroatoms. The lowest BCUT2D eigenvalue weighted by molar-refractivity contribution is 0.166.